The summed E-state index contributed by atoms with van der Waals surface area (Å²) in [5, 5.41) is 11.3. The maximum absolute atomic E-state index is 13.3. The van der Waals surface area contributed by atoms with E-state index < -0.39 is 17.7 Å². The molecule has 6 heteroatoms. The Hall–Kier alpha value is -4.71. The van der Waals surface area contributed by atoms with E-state index in [2.05, 4.69) is 11.1 Å². The van der Waals surface area contributed by atoms with E-state index in [1.165, 1.54) is 4.90 Å². The molecule has 0 radical (unpaired) electrons. The van der Waals surface area contributed by atoms with Crippen molar-refractivity contribution in [3.63, 3.8) is 0 Å². The molecule has 0 aliphatic carbocycles. The van der Waals surface area contributed by atoms with E-state index >= 15 is 0 Å². The van der Waals surface area contributed by atoms with Crippen LogP contribution in [0.25, 0.3) is 5.76 Å². The topological polar surface area (TPSA) is 79.7 Å². The highest BCUT2D eigenvalue weighted by atomic mass is 16.5. The molecule has 1 unspecified atom stereocenters. The Morgan fingerprint density at radius 1 is 0.895 bits per heavy atom. The van der Waals surface area contributed by atoms with Gasteiger partial charge in [-0.05, 0) is 60.9 Å². The van der Waals surface area contributed by atoms with Gasteiger partial charge in [0, 0.05) is 24.5 Å². The third kappa shape index (κ3) is 5.20. The Labute approximate surface area is 221 Å². The molecule has 2 heterocycles. The molecule has 0 bridgehead atoms. The van der Waals surface area contributed by atoms with Crippen molar-refractivity contribution in [3.8, 4) is 5.75 Å². The third-order valence-corrected chi connectivity index (χ3v) is 6.62. The van der Waals surface area contributed by atoms with Gasteiger partial charge >= 0.3 is 0 Å². The van der Waals surface area contributed by atoms with Crippen molar-refractivity contribution in [2.75, 3.05) is 0 Å². The zero-order valence-electron chi connectivity index (χ0n) is 21.3. The third-order valence-electron chi connectivity index (χ3n) is 6.62. The molecule has 1 N–H and O–H groups in total. The number of ether oxygens (including phenoxy) is 1. The number of hydrogen-bond acceptors (Lipinski definition) is 5. The lowest BCUT2D eigenvalue weighted by Crippen LogP contribution is -2.29. The van der Waals surface area contributed by atoms with Crippen LogP contribution in [0.4, 0.5) is 0 Å². The zero-order valence-corrected chi connectivity index (χ0v) is 21.3. The lowest BCUT2D eigenvalue weighted by Gasteiger charge is -2.25. The van der Waals surface area contributed by atoms with Crippen LogP contribution in [0.1, 0.15) is 39.4 Å². The molecule has 1 aliphatic rings. The molecule has 1 amide bonds. The molecule has 0 spiro atoms. The van der Waals surface area contributed by atoms with Crippen molar-refractivity contribution < 1.29 is 19.4 Å². The minimum atomic E-state index is -0.729. The number of amides is 1. The molecule has 1 aliphatic heterocycles. The Morgan fingerprint density at radius 3 is 2.32 bits per heavy atom. The summed E-state index contributed by atoms with van der Waals surface area (Å²) < 4.78 is 5.90. The summed E-state index contributed by atoms with van der Waals surface area (Å²) in [6.45, 7) is 4.61. The second kappa shape index (κ2) is 10.7. The summed E-state index contributed by atoms with van der Waals surface area (Å²) in [4.78, 5) is 32.1. The summed E-state index contributed by atoms with van der Waals surface area (Å²) in [7, 11) is 0. The maximum Gasteiger partial charge on any atom is 0.295 e. The van der Waals surface area contributed by atoms with Crippen LogP contribution in [-0.2, 0) is 22.7 Å². The Kier molecular flexibility index (Phi) is 7.05. The number of rotatable bonds is 7. The molecular weight excluding hydrogens is 476 g/mol. The van der Waals surface area contributed by atoms with E-state index in [1.807, 2.05) is 62.4 Å². The van der Waals surface area contributed by atoms with Crippen LogP contribution in [0.2, 0.25) is 0 Å². The van der Waals surface area contributed by atoms with Gasteiger partial charge in [0.05, 0.1) is 11.6 Å². The normalized spacial score (nSPS) is 16.6. The predicted molar refractivity (Wildman–Crippen MR) is 145 cm³/mol. The van der Waals surface area contributed by atoms with E-state index in [1.54, 1.807) is 42.7 Å². The van der Waals surface area contributed by atoms with Crippen molar-refractivity contribution >= 4 is 17.4 Å². The van der Waals surface area contributed by atoms with Gasteiger partial charge in [0.1, 0.15) is 18.1 Å². The fourth-order valence-electron chi connectivity index (χ4n) is 4.66. The predicted octanol–water partition coefficient (Wildman–Crippen LogP) is 5.90. The highest BCUT2D eigenvalue weighted by Crippen LogP contribution is 2.40. The van der Waals surface area contributed by atoms with Gasteiger partial charge < -0.3 is 14.7 Å². The smallest absolute Gasteiger partial charge is 0.295 e. The molecule has 6 nitrogen and oxygen atoms in total. The number of ketones is 1. The van der Waals surface area contributed by atoms with Gasteiger partial charge in [-0.2, -0.15) is 0 Å². The largest absolute Gasteiger partial charge is 0.507 e. The summed E-state index contributed by atoms with van der Waals surface area (Å²) in [6, 6.07) is 25.5. The monoisotopic (exact) mass is 504 g/mol. The van der Waals surface area contributed by atoms with Gasteiger partial charge in [-0.1, -0.05) is 65.7 Å². The number of hydrogen-bond donors (Lipinski definition) is 1. The van der Waals surface area contributed by atoms with Gasteiger partial charge in [0.15, 0.2) is 0 Å². The number of aryl methyl sites for hydroxylation is 2. The number of aliphatic hydroxyl groups excluding tert-OH is 1. The molecule has 1 saturated heterocycles. The zero-order chi connectivity index (χ0) is 26.6. The molecular formula is C32H28N2O4. The summed E-state index contributed by atoms with van der Waals surface area (Å²) in [5.74, 6) is -0.946. The fourth-order valence-corrected chi connectivity index (χ4v) is 4.66. The van der Waals surface area contributed by atoms with E-state index in [-0.39, 0.29) is 17.9 Å². The number of nitrogens with zero attached hydrogens (tertiary/aromatic N) is 2. The average molecular weight is 505 g/mol. The second-order valence-electron chi connectivity index (χ2n) is 9.50. The van der Waals surface area contributed by atoms with Gasteiger partial charge in [0.25, 0.3) is 11.7 Å². The summed E-state index contributed by atoms with van der Waals surface area (Å²) in [6.07, 6.45) is 3.32. The number of pyridine rings is 1. The minimum absolute atomic E-state index is 0.0659. The van der Waals surface area contributed by atoms with E-state index in [0.717, 1.165) is 27.8 Å². The van der Waals surface area contributed by atoms with Crippen LogP contribution in [0.3, 0.4) is 0 Å². The highest BCUT2D eigenvalue weighted by Gasteiger charge is 2.46. The van der Waals surface area contributed by atoms with Gasteiger partial charge in [-0.3, -0.25) is 14.6 Å². The quantitative estimate of drug-likeness (QED) is 0.193. The van der Waals surface area contributed by atoms with Crippen molar-refractivity contribution in [1.29, 1.82) is 0 Å². The molecule has 5 rings (SSSR count). The van der Waals surface area contributed by atoms with Crippen molar-refractivity contribution in [2.24, 2.45) is 0 Å². The summed E-state index contributed by atoms with van der Waals surface area (Å²) in [5.41, 5.74) is 5.32. The molecule has 1 fully saturated rings. The molecule has 4 aromatic rings. The molecule has 3 aromatic carbocycles. The first-order valence-corrected chi connectivity index (χ1v) is 12.4. The average Bonchev–Trinajstić information content (AvgIpc) is 3.18. The SMILES string of the molecule is Cc1ccc(C2C(=C(O)c3ccc(OCc4cccc(C)c4)cc3)C(=O)C(=O)N2Cc2cccnc2)cc1. The first-order valence-electron chi connectivity index (χ1n) is 12.4. The van der Waals surface area contributed by atoms with Crippen LogP contribution in [-0.4, -0.2) is 26.7 Å². The first kappa shape index (κ1) is 25.0. The number of aliphatic hydroxyl groups is 1. The lowest BCUT2D eigenvalue weighted by atomic mass is 9.94. The highest BCUT2D eigenvalue weighted by molar-refractivity contribution is 6.46. The van der Waals surface area contributed by atoms with E-state index in [0.29, 0.717) is 17.9 Å². The number of carbonyl (C=O) groups is 2. The van der Waals surface area contributed by atoms with E-state index in [4.69, 9.17) is 4.74 Å². The number of likely N-dealkylation sites (tertiary alicyclic amines) is 1. The van der Waals surface area contributed by atoms with Crippen LogP contribution >= 0.6 is 0 Å². The number of aromatic nitrogens is 1. The molecule has 1 atom stereocenters. The van der Waals surface area contributed by atoms with E-state index in [9.17, 15) is 14.7 Å². The van der Waals surface area contributed by atoms with Crippen molar-refractivity contribution in [3.05, 3.63) is 136 Å². The van der Waals surface area contributed by atoms with Crippen molar-refractivity contribution in [2.45, 2.75) is 33.0 Å². The minimum Gasteiger partial charge on any atom is -0.507 e. The number of Topliss-reactive ketones (excluding diaryl/α,β-unsaturated/α-hetero) is 1. The molecule has 1 aromatic heterocycles. The van der Waals surface area contributed by atoms with Crippen LogP contribution in [0.15, 0.2) is 103 Å². The lowest BCUT2D eigenvalue weighted by molar-refractivity contribution is -0.140. The fraction of sp³-hybridized carbons (Fsp3) is 0.156. The number of benzene rings is 3. The Bertz CT molecular complexity index is 1490. The van der Waals surface area contributed by atoms with Crippen LogP contribution < -0.4 is 4.74 Å². The second-order valence-corrected chi connectivity index (χ2v) is 9.50. The number of carbonyl (C=O) groups excluding carboxylic acids is 2. The molecule has 190 valence electrons. The summed E-state index contributed by atoms with van der Waals surface area (Å²) >= 11 is 0. The Morgan fingerprint density at radius 2 is 1.63 bits per heavy atom. The molecule has 38 heavy (non-hydrogen) atoms. The maximum atomic E-state index is 13.3. The standard InChI is InChI=1S/C32H28N2O4/c1-21-8-10-25(11-9-21)29-28(31(36)32(37)34(29)19-24-7-4-16-33-18-24)30(35)26-12-14-27(15-13-26)38-20-23-6-3-5-22(2)17-23/h3-18,29,35H,19-20H2,1-2H3. The van der Waals surface area contributed by atoms with Crippen LogP contribution in [0.5, 0.6) is 5.75 Å². The molecule has 0 saturated carbocycles. The van der Waals surface area contributed by atoms with Crippen molar-refractivity contribution in [1.82, 2.24) is 9.88 Å². The first-order chi connectivity index (χ1) is 18.4. The van der Waals surface area contributed by atoms with Crippen LogP contribution in [0, 0.1) is 13.8 Å². The Balaban J connectivity index is 1.47. The van der Waals surface area contributed by atoms with Gasteiger partial charge in [0.2, 0.25) is 0 Å². The van der Waals surface area contributed by atoms with Gasteiger partial charge in [-0.15, -0.1) is 0 Å². The van der Waals surface area contributed by atoms with Gasteiger partial charge in [-0.25, -0.2) is 0 Å².